The number of halogens is 1. The van der Waals surface area contributed by atoms with Crippen LogP contribution in [0.3, 0.4) is 0 Å². The number of carbonyl (C=O) groups is 1. The van der Waals surface area contributed by atoms with E-state index in [9.17, 15) is 9.90 Å². The number of benzene rings is 2. The van der Waals surface area contributed by atoms with Gasteiger partial charge in [-0.05, 0) is 48.4 Å². The van der Waals surface area contributed by atoms with Gasteiger partial charge in [0.2, 0.25) is 0 Å². The highest BCUT2D eigenvalue weighted by Gasteiger charge is 2.25. The van der Waals surface area contributed by atoms with E-state index >= 15 is 0 Å². The van der Waals surface area contributed by atoms with Crippen LogP contribution in [0.15, 0.2) is 55.1 Å². The van der Waals surface area contributed by atoms with Crippen LogP contribution in [0.5, 0.6) is 0 Å². The van der Waals surface area contributed by atoms with E-state index in [4.69, 9.17) is 21.1 Å². The maximum absolute atomic E-state index is 11.4. The summed E-state index contributed by atoms with van der Waals surface area (Å²) < 4.78 is 10.9. The van der Waals surface area contributed by atoms with Crippen molar-refractivity contribution in [3.05, 3.63) is 65.7 Å². The van der Waals surface area contributed by atoms with Gasteiger partial charge in [0.05, 0.1) is 31.0 Å². The Labute approximate surface area is 202 Å². The zero-order valence-corrected chi connectivity index (χ0v) is 20.5. The van der Waals surface area contributed by atoms with Crippen molar-refractivity contribution in [2.75, 3.05) is 50.2 Å². The summed E-state index contributed by atoms with van der Waals surface area (Å²) in [6.07, 6.45) is 2.64. The average Bonchev–Trinajstić information content (AvgIpc) is 2.76. The topological polar surface area (TPSA) is 71.0 Å². The highest BCUT2D eigenvalue weighted by molar-refractivity contribution is 6.30. The molecule has 2 N–H and O–H groups in total. The summed E-state index contributed by atoms with van der Waals surface area (Å²) in [4.78, 5) is 13.7. The molecule has 33 heavy (non-hydrogen) atoms. The number of nitrogens with one attached hydrogen (secondary N) is 1. The molecule has 2 aromatic rings. The molecule has 0 amide bonds. The predicted octanol–water partition coefficient (Wildman–Crippen LogP) is 5.88. The van der Waals surface area contributed by atoms with Crippen LogP contribution < -0.4 is 10.2 Å². The van der Waals surface area contributed by atoms with Crippen molar-refractivity contribution in [1.82, 2.24) is 0 Å². The lowest BCUT2D eigenvalue weighted by molar-refractivity contribution is -0.138. The number of rotatable bonds is 15. The Balaban J connectivity index is 2.39. The van der Waals surface area contributed by atoms with Crippen molar-refractivity contribution in [1.29, 1.82) is 0 Å². The molecule has 0 aliphatic carbocycles. The van der Waals surface area contributed by atoms with E-state index < -0.39 is 11.4 Å². The van der Waals surface area contributed by atoms with E-state index in [1.54, 1.807) is 13.2 Å². The number of ether oxygens (including phenoxy) is 2. The van der Waals surface area contributed by atoms with Gasteiger partial charge in [0.1, 0.15) is 0 Å². The molecular formula is C26H35ClN2O4. The van der Waals surface area contributed by atoms with Crippen molar-refractivity contribution < 1.29 is 19.4 Å². The molecule has 0 spiro atoms. The maximum atomic E-state index is 11.4. The summed E-state index contributed by atoms with van der Waals surface area (Å²) in [5.74, 6) is -0.822. The van der Waals surface area contributed by atoms with Crippen LogP contribution in [0.1, 0.15) is 32.3 Å². The summed E-state index contributed by atoms with van der Waals surface area (Å²) in [7, 11) is 1.69. The summed E-state index contributed by atoms with van der Waals surface area (Å²) in [6.45, 7) is 10.8. The van der Waals surface area contributed by atoms with Gasteiger partial charge in [-0.3, -0.25) is 4.79 Å². The number of carboxylic acids is 1. The van der Waals surface area contributed by atoms with Gasteiger partial charge in [-0.25, -0.2) is 0 Å². The van der Waals surface area contributed by atoms with Crippen LogP contribution in [0, 0.1) is 0 Å². The molecule has 0 saturated carbocycles. The predicted molar refractivity (Wildman–Crippen MR) is 136 cm³/mol. The molecule has 2 aromatic carbocycles. The number of aliphatic carboxylic acids is 1. The zero-order valence-electron chi connectivity index (χ0n) is 19.8. The smallest absolute Gasteiger partial charge is 0.304 e. The van der Waals surface area contributed by atoms with Gasteiger partial charge in [-0.1, -0.05) is 37.6 Å². The van der Waals surface area contributed by atoms with E-state index in [0.717, 1.165) is 35.6 Å². The second-order valence-electron chi connectivity index (χ2n) is 8.52. The SMILES string of the molecule is C=CCOCCCN(CCOC)c1ccc(C(C)(C)CC(=O)O)cc1Nc1ccc(Cl)cc1. The normalized spacial score (nSPS) is 11.3. The molecular weight excluding hydrogens is 440 g/mol. The van der Waals surface area contributed by atoms with Gasteiger partial charge in [0.25, 0.3) is 0 Å². The lowest BCUT2D eigenvalue weighted by atomic mass is 9.81. The second-order valence-corrected chi connectivity index (χ2v) is 8.95. The summed E-state index contributed by atoms with van der Waals surface area (Å²) in [5, 5.41) is 13.5. The van der Waals surface area contributed by atoms with E-state index in [-0.39, 0.29) is 6.42 Å². The molecule has 0 bridgehead atoms. The van der Waals surface area contributed by atoms with E-state index in [1.165, 1.54) is 0 Å². The number of carboxylic acid groups (broad SMARTS) is 1. The third-order valence-electron chi connectivity index (χ3n) is 5.35. The Hall–Kier alpha value is -2.54. The summed E-state index contributed by atoms with van der Waals surface area (Å²) >= 11 is 6.06. The summed E-state index contributed by atoms with van der Waals surface area (Å²) in [5.41, 5.74) is 3.24. The molecule has 0 heterocycles. The first-order valence-corrected chi connectivity index (χ1v) is 11.5. The van der Waals surface area contributed by atoms with Gasteiger partial charge < -0.3 is 24.8 Å². The fraction of sp³-hybridized carbons (Fsp3) is 0.423. The van der Waals surface area contributed by atoms with Crippen molar-refractivity contribution >= 4 is 34.6 Å². The van der Waals surface area contributed by atoms with Gasteiger partial charge in [0.15, 0.2) is 0 Å². The van der Waals surface area contributed by atoms with Gasteiger partial charge in [-0.2, -0.15) is 0 Å². The monoisotopic (exact) mass is 474 g/mol. The standard InChI is InChI=1S/C26H35ClN2O4/c1-5-15-33-16-6-13-29(14-17-32-4)24-12-7-20(26(2,3)19-25(30)31)18-23(24)28-22-10-8-21(27)9-11-22/h5,7-12,18,28H,1,6,13-17,19H2,2-4H3,(H,30,31). The number of anilines is 3. The first-order valence-electron chi connectivity index (χ1n) is 11.1. The lowest BCUT2D eigenvalue weighted by Gasteiger charge is -2.30. The van der Waals surface area contributed by atoms with Gasteiger partial charge in [-0.15, -0.1) is 6.58 Å². The first-order chi connectivity index (χ1) is 15.8. The van der Waals surface area contributed by atoms with Crippen LogP contribution in [-0.4, -0.2) is 51.1 Å². The summed E-state index contributed by atoms with van der Waals surface area (Å²) in [6, 6.07) is 13.6. The van der Waals surface area contributed by atoms with E-state index in [2.05, 4.69) is 22.9 Å². The highest BCUT2D eigenvalue weighted by atomic mass is 35.5. The Bertz CT molecular complexity index is 900. The average molecular weight is 475 g/mol. The number of nitrogens with zero attached hydrogens (tertiary/aromatic N) is 1. The fourth-order valence-electron chi connectivity index (χ4n) is 3.58. The molecule has 0 saturated heterocycles. The molecule has 7 heteroatoms. The van der Waals surface area contributed by atoms with Gasteiger partial charge >= 0.3 is 5.97 Å². The largest absolute Gasteiger partial charge is 0.481 e. The molecule has 0 aliphatic rings. The van der Waals surface area contributed by atoms with E-state index in [1.807, 2.05) is 50.2 Å². The molecule has 6 nitrogen and oxygen atoms in total. The zero-order chi connectivity index (χ0) is 24.3. The van der Waals surface area contributed by atoms with Crippen molar-refractivity contribution in [3.8, 4) is 0 Å². The number of methoxy groups -OCH3 is 1. The van der Waals surface area contributed by atoms with Crippen LogP contribution >= 0.6 is 11.6 Å². The minimum atomic E-state index is -0.822. The third kappa shape index (κ3) is 8.72. The van der Waals surface area contributed by atoms with Gasteiger partial charge in [0, 0.05) is 42.9 Å². The minimum absolute atomic E-state index is 0.0424. The van der Waals surface area contributed by atoms with Crippen LogP contribution in [0.2, 0.25) is 5.02 Å². The molecule has 0 fully saturated rings. The first kappa shape index (κ1) is 26.7. The molecule has 2 rings (SSSR count). The Morgan fingerprint density at radius 2 is 1.91 bits per heavy atom. The van der Waals surface area contributed by atoms with Crippen molar-refractivity contribution in [3.63, 3.8) is 0 Å². The third-order valence-corrected chi connectivity index (χ3v) is 5.60. The Kier molecular flexibility index (Phi) is 10.7. The quantitative estimate of drug-likeness (QED) is 0.248. The number of hydrogen-bond acceptors (Lipinski definition) is 5. The van der Waals surface area contributed by atoms with Crippen LogP contribution in [0.4, 0.5) is 17.1 Å². The molecule has 0 aromatic heterocycles. The molecule has 180 valence electrons. The minimum Gasteiger partial charge on any atom is -0.481 e. The Morgan fingerprint density at radius 3 is 2.55 bits per heavy atom. The maximum Gasteiger partial charge on any atom is 0.304 e. The van der Waals surface area contributed by atoms with Crippen molar-refractivity contribution in [2.45, 2.75) is 32.1 Å². The molecule has 0 unspecified atom stereocenters. The highest BCUT2D eigenvalue weighted by Crippen LogP contribution is 2.36. The second kappa shape index (κ2) is 13.2. The Morgan fingerprint density at radius 1 is 1.18 bits per heavy atom. The van der Waals surface area contributed by atoms with E-state index in [0.29, 0.717) is 31.4 Å². The number of hydrogen-bond donors (Lipinski definition) is 2. The molecule has 0 atom stereocenters. The fourth-order valence-corrected chi connectivity index (χ4v) is 3.71. The molecule has 0 aliphatic heterocycles. The van der Waals surface area contributed by atoms with Crippen molar-refractivity contribution in [2.24, 2.45) is 0 Å². The van der Waals surface area contributed by atoms with Crippen LogP contribution in [0.25, 0.3) is 0 Å². The lowest BCUT2D eigenvalue weighted by Crippen LogP contribution is -2.30. The van der Waals surface area contributed by atoms with Crippen LogP contribution in [-0.2, 0) is 19.7 Å². The molecule has 0 radical (unpaired) electrons.